The first-order chi connectivity index (χ1) is 8.66. The van der Waals surface area contributed by atoms with E-state index in [1.807, 2.05) is 54.2 Å². The van der Waals surface area contributed by atoms with E-state index in [1.165, 1.54) is 6.07 Å². The molecule has 0 saturated carbocycles. The summed E-state index contributed by atoms with van der Waals surface area (Å²) < 4.78 is 1.98. The van der Waals surface area contributed by atoms with Gasteiger partial charge in [-0.25, -0.2) is 4.57 Å². The van der Waals surface area contributed by atoms with Gasteiger partial charge in [-0.3, -0.25) is 10.1 Å². The Morgan fingerprint density at radius 3 is 2.72 bits per heavy atom. The second-order valence-electron chi connectivity index (χ2n) is 3.92. The maximum atomic E-state index is 10.7. The van der Waals surface area contributed by atoms with E-state index in [9.17, 15) is 10.1 Å². The number of nitro groups is 1. The van der Waals surface area contributed by atoms with Crippen molar-refractivity contribution in [2.24, 2.45) is 7.05 Å². The molecule has 0 aliphatic heterocycles. The number of aromatic nitrogens is 1. The van der Waals surface area contributed by atoms with Gasteiger partial charge < -0.3 is 0 Å². The molecule has 0 N–H and O–H groups in total. The van der Waals surface area contributed by atoms with Crippen molar-refractivity contribution in [3.8, 4) is 0 Å². The van der Waals surface area contributed by atoms with Gasteiger partial charge in [-0.15, -0.1) is 0 Å². The number of hydrogen-bond acceptors (Lipinski definition) is 2. The Kier molecular flexibility index (Phi) is 3.48. The Bertz CT molecular complexity index is 606. The van der Waals surface area contributed by atoms with Crippen molar-refractivity contribution in [2.45, 2.75) is 0 Å². The molecule has 0 saturated heterocycles. The number of pyridine rings is 1. The van der Waals surface area contributed by atoms with Crippen molar-refractivity contribution in [2.75, 3.05) is 0 Å². The number of nitro benzene ring substituents is 1. The van der Waals surface area contributed by atoms with Crippen molar-refractivity contribution in [1.29, 1.82) is 0 Å². The van der Waals surface area contributed by atoms with Gasteiger partial charge >= 0.3 is 0 Å². The lowest BCUT2D eigenvalue weighted by Crippen LogP contribution is -2.30. The molecule has 0 radical (unpaired) electrons. The molecular weight excluding hydrogens is 228 g/mol. The number of nitrogens with zero attached hydrogens (tertiary/aromatic N) is 2. The average molecular weight is 241 g/mol. The molecule has 0 atom stereocenters. The van der Waals surface area contributed by atoms with Gasteiger partial charge in [0.05, 0.1) is 4.92 Å². The zero-order valence-electron chi connectivity index (χ0n) is 9.98. The van der Waals surface area contributed by atoms with Gasteiger partial charge in [0, 0.05) is 30.3 Å². The van der Waals surface area contributed by atoms with Gasteiger partial charge in [-0.1, -0.05) is 12.1 Å². The van der Waals surface area contributed by atoms with E-state index < -0.39 is 0 Å². The molecule has 4 heteroatoms. The fourth-order valence-corrected chi connectivity index (χ4v) is 1.63. The van der Waals surface area contributed by atoms with E-state index in [0.29, 0.717) is 0 Å². The number of aryl methyl sites for hydroxylation is 1. The minimum atomic E-state index is -0.389. The maximum Gasteiger partial charge on any atom is 0.270 e. The Hall–Kier alpha value is -2.49. The minimum absolute atomic E-state index is 0.106. The Morgan fingerprint density at radius 1 is 1.17 bits per heavy atom. The molecule has 0 fully saturated rings. The summed E-state index contributed by atoms with van der Waals surface area (Å²) in [6.45, 7) is 0. The Balaban J connectivity index is 2.27. The van der Waals surface area contributed by atoms with Crippen LogP contribution in [0.5, 0.6) is 0 Å². The van der Waals surface area contributed by atoms with E-state index in [0.717, 1.165) is 11.3 Å². The van der Waals surface area contributed by atoms with Crippen LogP contribution in [0.2, 0.25) is 0 Å². The van der Waals surface area contributed by atoms with Gasteiger partial charge in [0.25, 0.3) is 5.69 Å². The van der Waals surface area contributed by atoms with Crippen LogP contribution < -0.4 is 4.57 Å². The van der Waals surface area contributed by atoms with Crippen molar-refractivity contribution < 1.29 is 9.49 Å². The third-order valence-electron chi connectivity index (χ3n) is 2.62. The van der Waals surface area contributed by atoms with Gasteiger partial charge in [0.15, 0.2) is 6.20 Å². The molecule has 0 aliphatic rings. The normalized spacial score (nSPS) is 10.7. The van der Waals surface area contributed by atoms with E-state index in [2.05, 4.69) is 0 Å². The monoisotopic (exact) mass is 241 g/mol. The summed E-state index contributed by atoms with van der Waals surface area (Å²) in [6.07, 6.45) is 5.74. The standard InChI is InChI=1S/C14H13N2O2/c1-15-10-3-2-6-13(15)9-8-12-5-4-7-14(11-12)16(17)18/h2-11H,1H3/q+1. The summed E-state index contributed by atoms with van der Waals surface area (Å²) >= 11 is 0. The second-order valence-corrected chi connectivity index (χ2v) is 3.92. The molecule has 0 aliphatic carbocycles. The molecule has 1 aromatic carbocycles. The van der Waals surface area contributed by atoms with Crippen molar-refractivity contribution in [3.05, 3.63) is 70.0 Å². The summed E-state index contributed by atoms with van der Waals surface area (Å²) in [5.41, 5.74) is 1.95. The molecule has 0 bridgehead atoms. The first-order valence-electron chi connectivity index (χ1n) is 5.54. The SMILES string of the molecule is C[n+]1ccccc1C=Cc1cccc([N+](=O)[O-])c1. The minimum Gasteiger partial charge on any atom is -0.258 e. The summed E-state index contributed by atoms with van der Waals surface area (Å²) in [5.74, 6) is 0. The fraction of sp³-hybridized carbons (Fsp3) is 0.0714. The lowest BCUT2D eigenvalue weighted by atomic mass is 10.1. The summed E-state index contributed by atoms with van der Waals surface area (Å²) in [6, 6.07) is 12.4. The summed E-state index contributed by atoms with van der Waals surface area (Å²) in [7, 11) is 1.95. The van der Waals surface area contributed by atoms with Crippen LogP contribution in [0.1, 0.15) is 11.3 Å². The van der Waals surface area contributed by atoms with E-state index in [1.54, 1.807) is 12.1 Å². The van der Waals surface area contributed by atoms with Crippen LogP contribution in [0.3, 0.4) is 0 Å². The molecule has 0 unspecified atom stereocenters. The van der Waals surface area contributed by atoms with Crippen molar-refractivity contribution >= 4 is 17.8 Å². The molecule has 2 aromatic rings. The molecular formula is C14H13N2O2+. The fourth-order valence-electron chi connectivity index (χ4n) is 1.63. The van der Waals surface area contributed by atoms with Crippen LogP contribution in [0.15, 0.2) is 48.7 Å². The molecule has 0 spiro atoms. The van der Waals surface area contributed by atoms with Crippen LogP contribution in [0.4, 0.5) is 5.69 Å². The smallest absolute Gasteiger partial charge is 0.258 e. The van der Waals surface area contributed by atoms with Crippen LogP contribution >= 0.6 is 0 Å². The maximum absolute atomic E-state index is 10.7. The number of rotatable bonds is 3. The van der Waals surface area contributed by atoms with Crippen LogP contribution in [0, 0.1) is 10.1 Å². The zero-order chi connectivity index (χ0) is 13.0. The predicted molar refractivity (Wildman–Crippen MR) is 69.6 cm³/mol. The summed E-state index contributed by atoms with van der Waals surface area (Å²) in [5, 5.41) is 10.7. The van der Waals surface area contributed by atoms with E-state index in [-0.39, 0.29) is 10.6 Å². The summed E-state index contributed by atoms with van der Waals surface area (Å²) in [4.78, 5) is 10.3. The first-order valence-corrected chi connectivity index (χ1v) is 5.54. The van der Waals surface area contributed by atoms with Crippen molar-refractivity contribution in [3.63, 3.8) is 0 Å². The highest BCUT2D eigenvalue weighted by Crippen LogP contribution is 2.14. The molecule has 1 aromatic heterocycles. The van der Waals surface area contributed by atoms with Gasteiger partial charge in [0.1, 0.15) is 7.05 Å². The van der Waals surface area contributed by atoms with E-state index in [4.69, 9.17) is 0 Å². The highest BCUT2D eigenvalue weighted by Gasteiger charge is 2.04. The second kappa shape index (κ2) is 5.23. The average Bonchev–Trinajstić information content (AvgIpc) is 2.38. The highest BCUT2D eigenvalue weighted by atomic mass is 16.6. The van der Waals surface area contributed by atoms with Crippen LogP contribution in [-0.4, -0.2) is 4.92 Å². The molecule has 90 valence electrons. The largest absolute Gasteiger partial charge is 0.270 e. The number of hydrogen-bond donors (Lipinski definition) is 0. The van der Waals surface area contributed by atoms with E-state index >= 15 is 0 Å². The van der Waals surface area contributed by atoms with Crippen molar-refractivity contribution in [1.82, 2.24) is 0 Å². The molecule has 4 nitrogen and oxygen atoms in total. The third-order valence-corrected chi connectivity index (χ3v) is 2.62. The zero-order valence-corrected chi connectivity index (χ0v) is 9.98. The quantitative estimate of drug-likeness (QED) is 0.471. The van der Waals surface area contributed by atoms with Crippen LogP contribution in [-0.2, 0) is 7.05 Å². The number of benzene rings is 1. The molecule has 0 amide bonds. The third kappa shape index (κ3) is 2.79. The van der Waals surface area contributed by atoms with Gasteiger partial charge in [0.2, 0.25) is 5.69 Å². The van der Waals surface area contributed by atoms with Crippen LogP contribution in [0.25, 0.3) is 12.2 Å². The molecule has 1 heterocycles. The topological polar surface area (TPSA) is 47.0 Å². The Morgan fingerprint density at radius 2 is 2.00 bits per heavy atom. The Labute approximate surface area is 105 Å². The first kappa shape index (κ1) is 12.0. The van der Waals surface area contributed by atoms with Gasteiger partial charge in [-0.2, -0.15) is 0 Å². The molecule has 2 rings (SSSR count). The lowest BCUT2D eigenvalue weighted by Gasteiger charge is -1.95. The lowest BCUT2D eigenvalue weighted by molar-refractivity contribution is -0.673. The number of non-ortho nitro benzene ring substituents is 1. The molecule has 18 heavy (non-hydrogen) atoms. The predicted octanol–water partition coefficient (Wildman–Crippen LogP) is 2.59. The highest BCUT2D eigenvalue weighted by molar-refractivity contribution is 5.68. The van der Waals surface area contributed by atoms with Gasteiger partial charge in [-0.05, 0) is 17.7 Å².